The molecule has 0 radical (unpaired) electrons. The molecular formula is C12H15N5O2. The van der Waals surface area contributed by atoms with Crippen molar-refractivity contribution in [1.29, 1.82) is 0 Å². The molecule has 2 heterocycles. The van der Waals surface area contributed by atoms with Crippen molar-refractivity contribution in [3.05, 3.63) is 12.7 Å². The Balaban J connectivity index is 1.83. The molecule has 100 valence electrons. The van der Waals surface area contributed by atoms with Crippen molar-refractivity contribution < 1.29 is 10.2 Å². The molecule has 2 aliphatic rings. The molecule has 4 N–H and O–H groups in total. The van der Waals surface area contributed by atoms with E-state index < -0.39 is 6.10 Å². The summed E-state index contributed by atoms with van der Waals surface area (Å²) in [5, 5.41) is 19.4. The van der Waals surface area contributed by atoms with E-state index in [1.165, 1.54) is 6.33 Å². The molecular weight excluding hydrogens is 246 g/mol. The second-order valence-electron chi connectivity index (χ2n) is 5.58. The second kappa shape index (κ2) is 3.43. The van der Waals surface area contributed by atoms with Crippen molar-refractivity contribution in [2.75, 3.05) is 12.3 Å². The van der Waals surface area contributed by atoms with Gasteiger partial charge >= 0.3 is 0 Å². The number of nitrogen functional groups attached to an aromatic ring is 1. The molecule has 0 aromatic carbocycles. The standard InChI is InChI=1S/C12H15N5O2/c13-10-9-11(15-4-14-10)17(5-16-9)12-1-7(12)6(3-18)8(19)2-12/h4-8,18-19H,1-3H2,(H2,13,14,15). The fourth-order valence-electron chi connectivity index (χ4n) is 3.69. The van der Waals surface area contributed by atoms with Gasteiger partial charge in [-0.05, 0) is 18.8 Å². The van der Waals surface area contributed by atoms with Gasteiger partial charge in [-0.3, -0.25) is 0 Å². The molecule has 0 bridgehead atoms. The molecule has 4 rings (SSSR count). The second-order valence-corrected chi connectivity index (χ2v) is 5.58. The molecule has 7 heteroatoms. The number of anilines is 1. The lowest BCUT2D eigenvalue weighted by atomic mass is 10.0. The van der Waals surface area contributed by atoms with Crippen molar-refractivity contribution in [2.24, 2.45) is 11.8 Å². The lowest BCUT2D eigenvalue weighted by Gasteiger charge is -2.16. The average molecular weight is 261 g/mol. The third-order valence-electron chi connectivity index (χ3n) is 4.73. The first-order valence-corrected chi connectivity index (χ1v) is 6.40. The summed E-state index contributed by atoms with van der Waals surface area (Å²) in [5.41, 5.74) is 6.95. The Hall–Kier alpha value is -1.73. The van der Waals surface area contributed by atoms with E-state index in [-0.39, 0.29) is 18.1 Å². The quantitative estimate of drug-likeness (QED) is 0.672. The van der Waals surface area contributed by atoms with Gasteiger partial charge in [-0.2, -0.15) is 0 Å². The van der Waals surface area contributed by atoms with Gasteiger partial charge in [-0.1, -0.05) is 0 Å². The number of fused-ring (bicyclic) bond motifs is 2. The van der Waals surface area contributed by atoms with Gasteiger partial charge in [0.15, 0.2) is 11.5 Å². The summed E-state index contributed by atoms with van der Waals surface area (Å²) in [5.74, 6) is 0.618. The highest BCUT2D eigenvalue weighted by atomic mass is 16.3. The Morgan fingerprint density at radius 2 is 2.21 bits per heavy atom. The number of nitrogens with two attached hydrogens (primary N) is 1. The molecule has 0 saturated heterocycles. The Kier molecular flexibility index (Phi) is 2.01. The maximum atomic E-state index is 10.0. The maximum Gasteiger partial charge on any atom is 0.165 e. The molecule has 4 atom stereocenters. The largest absolute Gasteiger partial charge is 0.396 e. The first-order valence-electron chi connectivity index (χ1n) is 6.40. The van der Waals surface area contributed by atoms with E-state index in [0.717, 1.165) is 6.42 Å². The van der Waals surface area contributed by atoms with Crippen LogP contribution in [0.2, 0.25) is 0 Å². The molecule has 19 heavy (non-hydrogen) atoms. The summed E-state index contributed by atoms with van der Waals surface area (Å²) in [4.78, 5) is 12.5. The summed E-state index contributed by atoms with van der Waals surface area (Å²) in [6.45, 7) is 0.0251. The Morgan fingerprint density at radius 1 is 1.37 bits per heavy atom. The SMILES string of the molecule is Nc1ncnc2c1ncn2C12CC(O)C(CO)C1C2. The molecule has 2 saturated carbocycles. The molecule has 2 aliphatic carbocycles. The van der Waals surface area contributed by atoms with Crippen LogP contribution < -0.4 is 5.73 Å². The topological polar surface area (TPSA) is 110 Å². The number of nitrogens with zero attached hydrogens (tertiary/aromatic N) is 4. The van der Waals surface area contributed by atoms with Crippen LogP contribution in [0.3, 0.4) is 0 Å². The minimum Gasteiger partial charge on any atom is -0.396 e. The molecule has 7 nitrogen and oxygen atoms in total. The van der Waals surface area contributed by atoms with Gasteiger partial charge in [0.25, 0.3) is 0 Å². The number of aliphatic hydroxyl groups excluding tert-OH is 2. The lowest BCUT2D eigenvalue weighted by molar-refractivity contribution is 0.0716. The van der Waals surface area contributed by atoms with Crippen molar-refractivity contribution in [3.8, 4) is 0 Å². The first kappa shape index (κ1) is 11.1. The van der Waals surface area contributed by atoms with Crippen LogP contribution >= 0.6 is 0 Å². The van der Waals surface area contributed by atoms with Crippen LogP contribution in [-0.4, -0.2) is 42.4 Å². The third-order valence-corrected chi connectivity index (χ3v) is 4.73. The van der Waals surface area contributed by atoms with Crippen molar-refractivity contribution in [3.63, 3.8) is 0 Å². The van der Waals surface area contributed by atoms with Gasteiger partial charge in [0.1, 0.15) is 11.8 Å². The number of imidazole rings is 1. The third kappa shape index (κ3) is 1.26. The molecule has 4 unspecified atom stereocenters. The Morgan fingerprint density at radius 3 is 2.95 bits per heavy atom. The predicted molar refractivity (Wildman–Crippen MR) is 67.0 cm³/mol. The Labute approximate surface area is 109 Å². The molecule has 2 aromatic heterocycles. The van der Waals surface area contributed by atoms with E-state index >= 15 is 0 Å². The van der Waals surface area contributed by atoms with Gasteiger partial charge in [0.2, 0.25) is 0 Å². The zero-order valence-electron chi connectivity index (χ0n) is 10.3. The zero-order chi connectivity index (χ0) is 13.2. The highest BCUT2D eigenvalue weighted by Gasteiger charge is 2.66. The van der Waals surface area contributed by atoms with Crippen LogP contribution in [0, 0.1) is 11.8 Å². The van der Waals surface area contributed by atoms with Crippen LogP contribution in [0.5, 0.6) is 0 Å². The van der Waals surface area contributed by atoms with Gasteiger partial charge in [-0.15, -0.1) is 0 Å². The molecule has 0 aliphatic heterocycles. The summed E-state index contributed by atoms with van der Waals surface area (Å²) in [6, 6.07) is 0. The summed E-state index contributed by atoms with van der Waals surface area (Å²) in [6.07, 6.45) is 4.28. The van der Waals surface area contributed by atoms with Crippen molar-refractivity contribution in [2.45, 2.75) is 24.5 Å². The Bertz CT molecular complexity index is 657. The summed E-state index contributed by atoms with van der Waals surface area (Å²) < 4.78 is 2.00. The maximum absolute atomic E-state index is 10.0. The van der Waals surface area contributed by atoms with Crippen molar-refractivity contribution >= 4 is 17.0 Å². The van der Waals surface area contributed by atoms with Gasteiger partial charge in [0.05, 0.1) is 18.0 Å². The highest BCUT2D eigenvalue weighted by Crippen LogP contribution is 2.64. The fourth-order valence-corrected chi connectivity index (χ4v) is 3.69. The smallest absolute Gasteiger partial charge is 0.165 e. The minimum atomic E-state index is -0.458. The number of hydrogen-bond donors (Lipinski definition) is 3. The van der Waals surface area contributed by atoms with Crippen LogP contribution in [0.15, 0.2) is 12.7 Å². The highest BCUT2D eigenvalue weighted by molar-refractivity contribution is 5.81. The van der Waals surface area contributed by atoms with Gasteiger partial charge < -0.3 is 20.5 Å². The normalized spacial score (nSPS) is 36.6. The van der Waals surface area contributed by atoms with Gasteiger partial charge in [-0.25, -0.2) is 15.0 Å². The minimum absolute atomic E-state index is 0.0251. The molecule has 0 spiro atoms. The lowest BCUT2D eigenvalue weighted by Crippen LogP contribution is -2.22. The number of aliphatic hydroxyl groups is 2. The van der Waals surface area contributed by atoms with E-state index in [1.54, 1.807) is 6.33 Å². The summed E-state index contributed by atoms with van der Waals surface area (Å²) in [7, 11) is 0. The number of rotatable bonds is 2. The van der Waals surface area contributed by atoms with E-state index in [0.29, 0.717) is 29.3 Å². The van der Waals surface area contributed by atoms with Gasteiger partial charge in [0, 0.05) is 12.5 Å². The average Bonchev–Trinajstić information content (AvgIpc) is 2.83. The molecule has 0 amide bonds. The monoisotopic (exact) mass is 261 g/mol. The predicted octanol–water partition coefficient (Wildman–Crippen LogP) is -0.503. The number of aromatic nitrogens is 4. The molecule has 2 fully saturated rings. The zero-order valence-corrected chi connectivity index (χ0v) is 10.3. The van der Waals surface area contributed by atoms with E-state index in [9.17, 15) is 10.2 Å². The van der Waals surface area contributed by atoms with E-state index in [2.05, 4.69) is 15.0 Å². The first-order chi connectivity index (χ1) is 9.17. The van der Waals surface area contributed by atoms with Crippen LogP contribution in [0.1, 0.15) is 12.8 Å². The molecule has 2 aromatic rings. The number of hydrogen-bond acceptors (Lipinski definition) is 6. The van der Waals surface area contributed by atoms with Crippen LogP contribution in [0.25, 0.3) is 11.2 Å². The van der Waals surface area contributed by atoms with Crippen LogP contribution in [0.4, 0.5) is 5.82 Å². The van der Waals surface area contributed by atoms with E-state index in [1.807, 2.05) is 4.57 Å². The van der Waals surface area contributed by atoms with Crippen molar-refractivity contribution in [1.82, 2.24) is 19.5 Å². The summed E-state index contributed by atoms with van der Waals surface area (Å²) >= 11 is 0. The van der Waals surface area contributed by atoms with E-state index in [4.69, 9.17) is 5.73 Å². The van der Waals surface area contributed by atoms with Crippen LogP contribution in [-0.2, 0) is 5.54 Å². The fraction of sp³-hybridized carbons (Fsp3) is 0.583.